The topological polar surface area (TPSA) is 63.8 Å². The molecule has 4 rings (SSSR count). The van der Waals surface area contributed by atoms with Gasteiger partial charge in [-0.2, -0.15) is 0 Å². The maximum absolute atomic E-state index is 5.77. The quantitative estimate of drug-likeness (QED) is 0.494. The fourth-order valence-corrected chi connectivity index (χ4v) is 3.71. The molecule has 3 N–H and O–H groups in total. The van der Waals surface area contributed by atoms with E-state index in [-0.39, 0.29) is 0 Å². The second-order valence-electron chi connectivity index (χ2n) is 6.10. The number of hydrogen-bond donors (Lipinski definition) is 2. The van der Waals surface area contributed by atoms with E-state index >= 15 is 0 Å². The highest BCUT2D eigenvalue weighted by molar-refractivity contribution is 7.17. The van der Waals surface area contributed by atoms with Gasteiger partial charge < -0.3 is 11.1 Å². The van der Waals surface area contributed by atoms with Crippen molar-refractivity contribution in [1.82, 2.24) is 9.97 Å². The summed E-state index contributed by atoms with van der Waals surface area (Å²) < 4.78 is 0. The second-order valence-corrected chi connectivity index (χ2v) is 6.96. The van der Waals surface area contributed by atoms with Gasteiger partial charge in [-0.25, -0.2) is 9.97 Å². The number of hydrogen-bond acceptors (Lipinski definition) is 5. The molecule has 0 aliphatic rings. The van der Waals surface area contributed by atoms with Crippen molar-refractivity contribution in [3.8, 4) is 11.1 Å². The molecule has 2 aromatic heterocycles. The summed E-state index contributed by atoms with van der Waals surface area (Å²) in [6.45, 7) is 4.26. The molecular formula is C20H18N4S. The summed E-state index contributed by atoms with van der Waals surface area (Å²) in [6.07, 6.45) is 1.60. The Kier molecular flexibility index (Phi) is 3.86. The molecule has 0 bridgehead atoms. The molecule has 0 radical (unpaired) electrons. The normalized spacial score (nSPS) is 11.0. The number of aromatic nitrogens is 2. The standard InChI is InChI=1S/C20H18N4S/c1-12-3-4-14(9-13(12)2)17-10-25-20-18(17)19(22-11-23-20)24-16-7-5-15(21)6-8-16/h3-11H,21H2,1-2H3,(H,22,23,24). The van der Waals surface area contributed by atoms with Crippen molar-refractivity contribution >= 4 is 38.7 Å². The molecule has 0 saturated carbocycles. The van der Waals surface area contributed by atoms with E-state index in [2.05, 4.69) is 52.7 Å². The van der Waals surface area contributed by atoms with Crippen molar-refractivity contribution < 1.29 is 0 Å². The van der Waals surface area contributed by atoms with E-state index in [0.717, 1.165) is 33.0 Å². The number of fused-ring (bicyclic) bond motifs is 1. The van der Waals surface area contributed by atoms with Gasteiger partial charge in [0.05, 0.1) is 5.39 Å². The fourth-order valence-electron chi connectivity index (χ4n) is 2.79. The SMILES string of the molecule is Cc1ccc(-c2csc3ncnc(Nc4ccc(N)cc4)c23)cc1C. The van der Waals surface area contributed by atoms with Crippen LogP contribution < -0.4 is 11.1 Å². The Hall–Kier alpha value is -2.92. The van der Waals surface area contributed by atoms with Gasteiger partial charge in [-0.15, -0.1) is 11.3 Å². The van der Waals surface area contributed by atoms with Crippen LogP contribution in [0.15, 0.2) is 54.2 Å². The third-order valence-corrected chi connectivity index (χ3v) is 5.25. The zero-order valence-corrected chi connectivity index (χ0v) is 14.9. The smallest absolute Gasteiger partial charge is 0.143 e. The van der Waals surface area contributed by atoms with Crippen LogP contribution in [0.3, 0.4) is 0 Å². The van der Waals surface area contributed by atoms with Gasteiger partial charge in [0.1, 0.15) is 17.0 Å². The molecule has 4 nitrogen and oxygen atoms in total. The van der Waals surface area contributed by atoms with Gasteiger partial charge in [0.2, 0.25) is 0 Å². The van der Waals surface area contributed by atoms with E-state index in [9.17, 15) is 0 Å². The Labute approximate surface area is 150 Å². The van der Waals surface area contributed by atoms with Crippen LogP contribution >= 0.6 is 11.3 Å². The molecule has 0 spiro atoms. The number of nitrogens with one attached hydrogen (secondary N) is 1. The van der Waals surface area contributed by atoms with E-state index in [1.54, 1.807) is 17.7 Å². The first-order chi connectivity index (χ1) is 12.1. The minimum atomic E-state index is 0.740. The number of benzene rings is 2. The molecule has 2 heterocycles. The lowest BCUT2D eigenvalue weighted by Gasteiger charge is -2.09. The summed E-state index contributed by atoms with van der Waals surface area (Å²) in [5.41, 5.74) is 12.4. The zero-order chi connectivity index (χ0) is 17.4. The molecule has 0 atom stereocenters. The van der Waals surface area contributed by atoms with Crippen LogP contribution in [0, 0.1) is 13.8 Å². The Bertz CT molecular complexity index is 1050. The monoisotopic (exact) mass is 346 g/mol. The lowest BCUT2D eigenvalue weighted by molar-refractivity contribution is 1.23. The average Bonchev–Trinajstić information content (AvgIpc) is 3.04. The largest absolute Gasteiger partial charge is 0.399 e. The molecule has 0 aliphatic heterocycles. The van der Waals surface area contributed by atoms with Crippen LogP contribution in [0.5, 0.6) is 0 Å². The summed E-state index contributed by atoms with van der Waals surface area (Å²) in [6, 6.07) is 14.2. The van der Waals surface area contributed by atoms with Crippen LogP contribution in [0.4, 0.5) is 17.2 Å². The Balaban J connectivity index is 1.83. The Morgan fingerprint density at radius 1 is 0.960 bits per heavy atom. The molecule has 0 saturated heterocycles. The molecule has 4 aromatic rings. The highest BCUT2D eigenvalue weighted by atomic mass is 32.1. The summed E-state index contributed by atoms with van der Waals surface area (Å²) in [7, 11) is 0. The second kappa shape index (κ2) is 6.18. The van der Waals surface area contributed by atoms with Crippen molar-refractivity contribution in [2.45, 2.75) is 13.8 Å². The molecule has 2 aromatic carbocycles. The van der Waals surface area contributed by atoms with Crippen LogP contribution in [-0.2, 0) is 0 Å². The first-order valence-corrected chi connectivity index (χ1v) is 8.92. The van der Waals surface area contributed by atoms with Gasteiger partial charge in [-0.1, -0.05) is 18.2 Å². The minimum Gasteiger partial charge on any atom is -0.399 e. The fraction of sp³-hybridized carbons (Fsp3) is 0.100. The maximum Gasteiger partial charge on any atom is 0.143 e. The summed E-state index contributed by atoms with van der Waals surface area (Å²) in [4.78, 5) is 9.88. The van der Waals surface area contributed by atoms with E-state index in [1.165, 1.54) is 16.7 Å². The summed E-state index contributed by atoms with van der Waals surface area (Å²) >= 11 is 1.63. The molecule has 0 aliphatic carbocycles. The van der Waals surface area contributed by atoms with Crippen LogP contribution in [0.1, 0.15) is 11.1 Å². The summed E-state index contributed by atoms with van der Waals surface area (Å²) in [5.74, 6) is 0.809. The van der Waals surface area contributed by atoms with Gasteiger partial charge in [0, 0.05) is 22.3 Å². The molecule has 0 unspecified atom stereocenters. The van der Waals surface area contributed by atoms with Crippen LogP contribution in [-0.4, -0.2) is 9.97 Å². The van der Waals surface area contributed by atoms with Crippen molar-refractivity contribution in [2.75, 3.05) is 11.1 Å². The lowest BCUT2D eigenvalue weighted by atomic mass is 10.0. The van der Waals surface area contributed by atoms with Gasteiger partial charge in [0.15, 0.2) is 0 Å². The van der Waals surface area contributed by atoms with Crippen molar-refractivity contribution in [1.29, 1.82) is 0 Å². The van der Waals surface area contributed by atoms with E-state index in [0.29, 0.717) is 0 Å². The maximum atomic E-state index is 5.77. The number of rotatable bonds is 3. The van der Waals surface area contributed by atoms with Crippen LogP contribution in [0.25, 0.3) is 21.3 Å². The number of aryl methyl sites for hydroxylation is 2. The van der Waals surface area contributed by atoms with Crippen molar-refractivity contribution in [2.24, 2.45) is 0 Å². The van der Waals surface area contributed by atoms with E-state index in [1.807, 2.05) is 24.3 Å². The third kappa shape index (κ3) is 2.94. The molecular weight excluding hydrogens is 328 g/mol. The van der Waals surface area contributed by atoms with E-state index in [4.69, 9.17) is 5.73 Å². The molecule has 0 fully saturated rings. The number of nitrogens with two attached hydrogens (primary N) is 1. The Morgan fingerprint density at radius 2 is 1.76 bits per heavy atom. The number of nitrogens with zero attached hydrogens (tertiary/aromatic N) is 2. The van der Waals surface area contributed by atoms with Gasteiger partial charge in [-0.3, -0.25) is 0 Å². The lowest BCUT2D eigenvalue weighted by Crippen LogP contribution is -1.96. The predicted molar refractivity (Wildman–Crippen MR) is 106 cm³/mol. The number of anilines is 3. The Morgan fingerprint density at radius 3 is 2.52 bits per heavy atom. The highest BCUT2D eigenvalue weighted by Crippen LogP contribution is 2.37. The highest BCUT2D eigenvalue weighted by Gasteiger charge is 2.13. The first kappa shape index (κ1) is 15.6. The number of thiophene rings is 1. The first-order valence-electron chi connectivity index (χ1n) is 8.04. The predicted octanol–water partition coefficient (Wildman–Crippen LogP) is 5.30. The van der Waals surface area contributed by atoms with E-state index < -0.39 is 0 Å². The molecule has 5 heteroatoms. The van der Waals surface area contributed by atoms with Gasteiger partial charge in [-0.05, 0) is 54.8 Å². The van der Waals surface area contributed by atoms with Gasteiger partial charge in [0.25, 0.3) is 0 Å². The zero-order valence-electron chi connectivity index (χ0n) is 14.1. The average molecular weight is 346 g/mol. The number of nitrogen functional groups attached to an aromatic ring is 1. The molecule has 124 valence electrons. The molecule has 25 heavy (non-hydrogen) atoms. The van der Waals surface area contributed by atoms with Crippen molar-refractivity contribution in [3.05, 3.63) is 65.3 Å². The molecule has 0 amide bonds. The summed E-state index contributed by atoms with van der Waals surface area (Å²) in [5, 5.41) is 6.60. The third-order valence-electron chi connectivity index (χ3n) is 4.36. The van der Waals surface area contributed by atoms with Crippen LogP contribution in [0.2, 0.25) is 0 Å². The minimum absolute atomic E-state index is 0.740. The van der Waals surface area contributed by atoms with Crippen molar-refractivity contribution in [3.63, 3.8) is 0 Å². The van der Waals surface area contributed by atoms with Gasteiger partial charge >= 0.3 is 0 Å².